The van der Waals surface area contributed by atoms with E-state index in [4.69, 9.17) is 9.47 Å². The van der Waals surface area contributed by atoms with Gasteiger partial charge in [-0.1, -0.05) is 19.4 Å². The van der Waals surface area contributed by atoms with Crippen LogP contribution in [0.1, 0.15) is 36.9 Å². The number of benzene rings is 2. The van der Waals surface area contributed by atoms with Crippen molar-refractivity contribution in [2.45, 2.75) is 25.8 Å². The molecular weight excluding hydrogens is 436 g/mol. The summed E-state index contributed by atoms with van der Waals surface area (Å²) in [5.74, 6) is -0.880. The lowest BCUT2D eigenvalue weighted by molar-refractivity contribution is -0.140. The Morgan fingerprint density at radius 1 is 1.12 bits per heavy atom. The van der Waals surface area contributed by atoms with Gasteiger partial charge in [0.25, 0.3) is 11.7 Å². The Morgan fingerprint density at radius 2 is 1.82 bits per heavy atom. The maximum absolute atomic E-state index is 13.1. The topological polar surface area (TPSA) is 99.5 Å². The van der Waals surface area contributed by atoms with Crippen molar-refractivity contribution in [3.63, 3.8) is 0 Å². The molecule has 0 saturated carbocycles. The molecule has 3 rings (SSSR count). The molecular formula is C26H32N2O6. The fourth-order valence-corrected chi connectivity index (χ4v) is 3.83. The van der Waals surface area contributed by atoms with Gasteiger partial charge in [0.2, 0.25) is 0 Å². The highest BCUT2D eigenvalue weighted by Gasteiger charge is 2.46. The standard InChI is InChI=1S/C26H32N2O6/c1-5-6-15-34-19-10-7-17(8-11-19)24(30)22-23(18-9-12-20(29)21(16-18)33-4)28(14-13-27(2)3)26(32)25(22)31/h7-12,16,23,29-30H,5-6,13-15H2,1-4H3/t23-/m0/s1. The first-order chi connectivity index (χ1) is 16.3. The van der Waals surface area contributed by atoms with Crippen LogP contribution < -0.4 is 9.47 Å². The molecule has 8 heteroatoms. The van der Waals surface area contributed by atoms with Crippen LogP contribution in [0.25, 0.3) is 5.76 Å². The summed E-state index contributed by atoms with van der Waals surface area (Å²) in [6.45, 7) is 3.50. The van der Waals surface area contributed by atoms with Crippen LogP contribution in [0.5, 0.6) is 17.2 Å². The summed E-state index contributed by atoms with van der Waals surface area (Å²) in [7, 11) is 5.17. The van der Waals surface area contributed by atoms with E-state index < -0.39 is 17.7 Å². The van der Waals surface area contributed by atoms with E-state index in [-0.39, 0.29) is 29.4 Å². The maximum Gasteiger partial charge on any atom is 0.295 e. The second-order valence-corrected chi connectivity index (χ2v) is 8.45. The minimum Gasteiger partial charge on any atom is -0.507 e. The van der Waals surface area contributed by atoms with E-state index in [2.05, 4.69) is 6.92 Å². The Labute approximate surface area is 200 Å². The van der Waals surface area contributed by atoms with Crippen molar-refractivity contribution in [2.75, 3.05) is 40.9 Å². The molecule has 0 radical (unpaired) electrons. The van der Waals surface area contributed by atoms with E-state index in [1.165, 1.54) is 18.1 Å². The molecule has 0 unspecified atom stereocenters. The highest BCUT2D eigenvalue weighted by Crippen LogP contribution is 2.41. The fraction of sp³-hybridized carbons (Fsp3) is 0.385. The second kappa shape index (κ2) is 11.1. The van der Waals surface area contributed by atoms with Crippen molar-refractivity contribution in [1.29, 1.82) is 0 Å². The van der Waals surface area contributed by atoms with Crippen LogP contribution >= 0.6 is 0 Å². The SMILES string of the molecule is CCCCOc1ccc(C(O)=C2C(=O)C(=O)N(CCN(C)C)[C@H]2c2ccc(O)c(OC)c2)cc1. The number of phenols is 1. The number of phenolic OH excluding ortho intramolecular Hbond substituents is 1. The lowest BCUT2D eigenvalue weighted by Crippen LogP contribution is -2.35. The molecule has 0 aliphatic carbocycles. The van der Waals surface area contributed by atoms with Gasteiger partial charge in [-0.25, -0.2) is 0 Å². The van der Waals surface area contributed by atoms with Gasteiger partial charge < -0.3 is 29.5 Å². The van der Waals surface area contributed by atoms with Crippen LogP contribution in [0.2, 0.25) is 0 Å². The van der Waals surface area contributed by atoms with E-state index in [0.717, 1.165) is 12.8 Å². The quantitative estimate of drug-likeness (QED) is 0.238. The molecule has 2 N–H and O–H groups in total. The van der Waals surface area contributed by atoms with Crippen LogP contribution in [0.3, 0.4) is 0 Å². The maximum atomic E-state index is 13.1. The molecule has 8 nitrogen and oxygen atoms in total. The molecule has 2 aromatic carbocycles. The minimum atomic E-state index is -0.824. The molecule has 1 amide bonds. The first-order valence-electron chi connectivity index (χ1n) is 11.3. The Kier molecular flexibility index (Phi) is 8.17. The predicted molar refractivity (Wildman–Crippen MR) is 129 cm³/mol. The van der Waals surface area contributed by atoms with Crippen molar-refractivity contribution in [2.24, 2.45) is 0 Å². The molecule has 1 fully saturated rings. The number of nitrogens with zero attached hydrogens (tertiary/aromatic N) is 2. The number of hydrogen-bond donors (Lipinski definition) is 2. The number of aliphatic hydroxyl groups excluding tert-OH is 1. The van der Waals surface area contributed by atoms with Crippen molar-refractivity contribution in [3.05, 3.63) is 59.2 Å². The number of unbranched alkanes of at least 4 members (excludes halogenated alkanes) is 1. The van der Waals surface area contributed by atoms with Gasteiger partial charge in [-0.3, -0.25) is 9.59 Å². The first-order valence-corrected chi connectivity index (χ1v) is 11.3. The number of ether oxygens (including phenoxy) is 2. The average Bonchev–Trinajstić information content (AvgIpc) is 3.08. The minimum absolute atomic E-state index is 0.00356. The van der Waals surface area contributed by atoms with Crippen molar-refractivity contribution in [1.82, 2.24) is 9.80 Å². The Balaban J connectivity index is 2.05. The van der Waals surface area contributed by atoms with E-state index in [1.807, 2.05) is 19.0 Å². The third-order valence-corrected chi connectivity index (χ3v) is 5.74. The van der Waals surface area contributed by atoms with Crippen molar-refractivity contribution < 1.29 is 29.3 Å². The summed E-state index contributed by atoms with van der Waals surface area (Å²) in [6, 6.07) is 10.6. The molecule has 34 heavy (non-hydrogen) atoms. The molecule has 0 bridgehead atoms. The van der Waals surface area contributed by atoms with Crippen LogP contribution in [0.4, 0.5) is 0 Å². The van der Waals surface area contributed by atoms with Gasteiger partial charge in [0.05, 0.1) is 25.3 Å². The van der Waals surface area contributed by atoms with Crippen LogP contribution in [0.15, 0.2) is 48.0 Å². The smallest absolute Gasteiger partial charge is 0.295 e. The highest BCUT2D eigenvalue weighted by molar-refractivity contribution is 6.46. The summed E-state index contributed by atoms with van der Waals surface area (Å²) in [4.78, 5) is 29.4. The molecule has 1 atom stereocenters. The van der Waals surface area contributed by atoms with Gasteiger partial charge in [0, 0.05) is 18.7 Å². The number of aliphatic hydroxyl groups is 1. The van der Waals surface area contributed by atoms with Gasteiger partial charge in [-0.2, -0.15) is 0 Å². The molecule has 1 heterocycles. The number of carbonyl (C=O) groups excluding carboxylic acids is 2. The Hall–Kier alpha value is -3.52. The number of carbonyl (C=O) groups is 2. The molecule has 0 aromatic heterocycles. The van der Waals surface area contributed by atoms with Gasteiger partial charge in [-0.05, 0) is 62.5 Å². The van der Waals surface area contributed by atoms with Gasteiger partial charge in [0.15, 0.2) is 11.5 Å². The number of methoxy groups -OCH3 is 1. The van der Waals surface area contributed by atoms with Gasteiger partial charge in [0.1, 0.15) is 11.5 Å². The molecule has 1 saturated heterocycles. The van der Waals surface area contributed by atoms with E-state index >= 15 is 0 Å². The van der Waals surface area contributed by atoms with E-state index in [1.54, 1.807) is 36.4 Å². The van der Waals surface area contributed by atoms with E-state index in [9.17, 15) is 19.8 Å². The monoisotopic (exact) mass is 468 g/mol. The van der Waals surface area contributed by atoms with E-state index in [0.29, 0.717) is 30.0 Å². The van der Waals surface area contributed by atoms with Crippen LogP contribution in [0, 0.1) is 0 Å². The van der Waals surface area contributed by atoms with Crippen molar-refractivity contribution >= 4 is 17.4 Å². The normalized spacial score (nSPS) is 17.4. The number of ketones is 1. The highest BCUT2D eigenvalue weighted by atomic mass is 16.5. The predicted octanol–water partition coefficient (Wildman–Crippen LogP) is 3.56. The zero-order valence-corrected chi connectivity index (χ0v) is 20.1. The lowest BCUT2D eigenvalue weighted by atomic mass is 9.95. The molecule has 2 aromatic rings. The number of likely N-dealkylation sites (N-methyl/N-ethyl adjacent to an activating group) is 1. The number of likely N-dealkylation sites (tertiary alicyclic amines) is 1. The number of hydrogen-bond acceptors (Lipinski definition) is 7. The summed E-state index contributed by atoms with van der Waals surface area (Å²) in [6.07, 6.45) is 1.96. The van der Waals surface area contributed by atoms with Crippen LogP contribution in [-0.2, 0) is 9.59 Å². The third-order valence-electron chi connectivity index (χ3n) is 5.74. The summed E-state index contributed by atoms with van der Waals surface area (Å²) in [5.41, 5.74) is 0.953. The van der Waals surface area contributed by atoms with Gasteiger partial charge in [-0.15, -0.1) is 0 Å². The fourth-order valence-electron chi connectivity index (χ4n) is 3.83. The second-order valence-electron chi connectivity index (χ2n) is 8.45. The molecule has 1 aliphatic heterocycles. The Bertz CT molecular complexity index is 1060. The first kappa shape index (κ1) is 25.1. The molecule has 182 valence electrons. The largest absolute Gasteiger partial charge is 0.507 e. The zero-order chi connectivity index (χ0) is 24.8. The summed E-state index contributed by atoms with van der Waals surface area (Å²) >= 11 is 0. The Morgan fingerprint density at radius 3 is 2.44 bits per heavy atom. The number of Topliss-reactive ketones (excluding diaryl/α,β-unsaturated/α-hetero) is 1. The van der Waals surface area contributed by atoms with Gasteiger partial charge >= 0.3 is 0 Å². The average molecular weight is 469 g/mol. The summed E-state index contributed by atoms with van der Waals surface area (Å²) in [5, 5.41) is 21.2. The lowest BCUT2D eigenvalue weighted by Gasteiger charge is -2.27. The number of amides is 1. The molecule has 0 spiro atoms. The third kappa shape index (κ3) is 5.34. The number of aromatic hydroxyl groups is 1. The molecule has 1 aliphatic rings. The van der Waals surface area contributed by atoms with Crippen LogP contribution in [-0.4, -0.2) is 72.6 Å². The number of rotatable bonds is 10. The summed E-state index contributed by atoms with van der Waals surface area (Å²) < 4.78 is 10.9. The zero-order valence-electron chi connectivity index (χ0n) is 20.1. The van der Waals surface area contributed by atoms with Crippen molar-refractivity contribution in [3.8, 4) is 17.2 Å².